The average Bonchev–Trinajstić information content (AvgIpc) is 1.88. The first kappa shape index (κ1) is 9.70. The van der Waals surface area contributed by atoms with Crippen molar-refractivity contribution in [3.8, 4) is 0 Å². The summed E-state index contributed by atoms with van der Waals surface area (Å²) in [6.45, 7) is 6.53. The maximum Gasteiger partial charge on any atom is 0.0639 e. The molecule has 0 spiro atoms. The molecule has 0 saturated carbocycles. The summed E-state index contributed by atoms with van der Waals surface area (Å²) >= 11 is 0. The van der Waals surface area contributed by atoms with Gasteiger partial charge in [-0.2, -0.15) is 0 Å². The molecule has 0 aliphatic rings. The third-order valence-corrected chi connectivity index (χ3v) is 1.56. The van der Waals surface area contributed by atoms with E-state index in [4.69, 9.17) is 5.11 Å². The Hall–Kier alpha value is -0.300. The van der Waals surface area contributed by atoms with Crippen LogP contribution in [0.2, 0.25) is 0 Å². The van der Waals surface area contributed by atoms with Gasteiger partial charge in [-0.15, -0.1) is 0 Å². The lowest BCUT2D eigenvalue weighted by molar-refractivity contribution is 0.330. The maximum absolute atomic E-state index is 8.68. The van der Waals surface area contributed by atoms with Crippen molar-refractivity contribution in [3.63, 3.8) is 0 Å². The Morgan fingerprint density at radius 2 is 2.20 bits per heavy atom. The normalized spacial score (nSPS) is 15.4. The van der Waals surface area contributed by atoms with Gasteiger partial charge in [-0.05, 0) is 19.3 Å². The fourth-order valence-electron chi connectivity index (χ4n) is 1.08. The van der Waals surface area contributed by atoms with Gasteiger partial charge in [0.25, 0.3) is 0 Å². The Labute approximate surface area is 63.8 Å². The van der Waals surface area contributed by atoms with Crippen LogP contribution < -0.4 is 0 Å². The van der Waals surface area contributed by atoms with Crippen LogP contribution in [-0.4, -0.2) is 11.7 Å². The van der Waals surface area contributed by atoms with Gasteiger partial charge in [0.2, 0.25) is 0 Å². The van der Waals surface area contributed by atoms with Gasteiger partial charge in [-0.3, -0.25) is 0 Å². The molecular weight excluding hydrogens is 124 g/mol. The molecule has 0 saturated heterocycles. The van der Waals surface area contributed by atoms with Gasteiger partial charge in [0.15, 0.2) is 0 Å². The minimum absolute atomic E-state index is 0.202. The summed E-state index contributed by atoms with van der Waals surface area (Å²) in [5.41, 5.74) is 1.08. The van der Waals surface area contributed by atoms with Crippen molar-refractivity contribution in [3.05, 3.63) is 11.6 Å². The van der Waals surface area contributed by atoms with Crippen LogP contribution in [0.5, 0.6) is 0 Å². The lowest BCUT2D eigenvalue weighted by Crippen LogP contribution is -1.92. The van der Waals surface area contributed by atoms with Crippen molar-refractivity contribution >= 4 is 0 Å². The van der Waals surface area contributed by atoms with Crippen LogP contribution in [0.1, 0.15) is 33.6 Å². The Kier molecular flexibility index (Phi) is 5.32. The molecule has 1 unspecified atom stereocenters. The highest BCUT2D eigenvalue weighted by atomic mass is 16.3. The minimum atomic E-state index is 0.202. The predicted octanol–water partition coefficient (Wildman–Crippen LogP) is 2.36. The van der Waals surface area contributed by atoms with E-state index < -0.39 is 0 Å². The predicted molar refractivity (Wildman–Crippen MR) is 44.9 cm³/mol. The van der Waals surface area contributed by atoms with Gasteiger partial charge < -0.3 is 5.11 Å². The standard InChI is InChI=1S/C9H18O/c1-4-5-8(2)6-9(3)7-10/h6,8,10H,4-5,7H2,1-3H3/b9-6+. The number of aliphatic hydroxyl groups is 1. The summed E-state index contributed by atoms with van der Waals surface area (Å²) in [6.07, 6.45) is 4.58. The van der Waals surface area contributed by atoms with E-state index in [2.05, 4.69) is 19.9 Å². The molecule has 0 heterocycles. The molecular formula is C9H18O. The van der Waals surface area contributed by atoms with Gasteiger partial charge >= 0.3 is 0 Å². The summed E-state index contributed by atoms with van der Waals surface area (Å²) < 4.78 is 0. The van der Waals surface area contributed by atoms with Crippen LogP contribution in [0.15, 0.2) is 11.6 Å². The smallest absolute Gasteiger partial charge is 0.0639 e. The number of hydrogen-bond acceptors (Lipinski definition) is 1. The summed E-state index contributed by atoms with van der Waals surface area (Å²) in [5.74, 6) is 0.622. The quantitative estimate of drug-likeness (QED) is 0.597. The Balaban J connectivity index is 3.62. The second kappa shape index (κ2) is 5.48. The molecule has 0 aromatic carbocycles. The van der Waals surface area contributed by atoms with Crippen LogP contribution in [0.3, 0.4) is 0 Å². The molecule has 0 aliphatic heterocycles. The second-order valence-electron chi connectivity index (χ2n) is 2.94. The van der Waals surface area contributed by atoms with E-state index in [1.165, 1.54) is 12.8 Å². The molecule has 0 fully saturated rings. The summed E-state index contributed by atoms with van der Waals surface area (Å²) in [6, 6.07) is 0. The third kappa shape index (κ3) is 4.57. The van der Waals surface area contributed by atoms with Crippen LogP contribution in [0, 0.1) is 5.92 Å². The fourth-order valence-corrected chi connectivity index (χ4v) is 1.08. The molecule has 1 heteroatoms. The largest absolute Gasteiger partial charge is 0.392 e. The van der Waals surface area contributed by atoms with E-state index in [0.717, 1.165) is 5.57 Å². The van der Waals surface area contributed by atoms with E-state index in [1.807, 2.05) is 6.92 Å². The van der Waals surface area contributed by atoms with E-state index in [0.29, 0.717) is 5.92 Å². The first-order valence-corrected chi connectivity index (χ1v) is 3.98. The van der Waals surface area contributed by atoms with Crippen molar-refractivity contribution in [1.82, 2.24) is 0 Å². The Morgan fingerprint density at radius 1 is 1.60 bits per heavy atom. The maximum atomic E-state index is 8.68. The number of aliphatic hydroxyl groups excluding tert-OH is 1. The third-order valence-electron chi connectivity index (χ3n) is 1.56. The zero-order chi connectivity index (χ0) is 7.98. The van der Waals surface area contributed by atoms with Crippen molar-refractivity contribution in [2.75, 3.05) is 6.61 Å². The lowest BCUT2D eigenvalue weighted by Gasteiger charge is -2.04. The second-order valence-corrected chi connectivity index (χ2v) is 2.94. The van der Waals surface area contributed by atoms with Gasteiger partial charge in [-0.1, -0.05) is 31.9 Å². The highest BCUT2D eigenvalue weighted by Gasteiger charge is 1.95. The summed E-state index contributed by atoms with van der Waals surface area (Å²) in [7, 11) is 0. The molecule has 1 N–H and O–H groups in total. The molecule has 0 aromatic heterocycles. The van der Waals surface area contributed by atoms with Crippen LogP contribution in [0.25, 0.3) is 0 Å². The van der Waals surface area contributed by atoms with Crippen LogP contribution in [-0.2, 0) is 0 Å². The van der Waals surface area contributed by atoms with E-state index in [1.54, 1.807) is 0 Å². The van der Waals surface area contributed by atoms with Crippen LogP contribution >= 0.6 is 0 Å². The van der Waals surface area contributed by atoms with Crippen molar-refractivity contribution in [1.29, 1.82) is 0 Å². The van der Waals surface area contributed by atoms with Crippen molar-refractivity contribution < 1.29 is 5.11 Å². The molecule has 0 amide bonds. The highest BCUT2D eigenvalue weighted by molar-refractivity contribution is 4.99. The van der Waals surface area contributed by atoms with E-state index >= 15 is 0 Å². The zero-order valence-electron chi connectivity index (χ0n) is 7.22. The molecule has 1 atom stereocenters. The molecule has 1 nitrogen and oxygen atoms in total. The molecule has 0 aromatic rings. The molecule has 60 valence electrons. The first-order valence-electron chi connectivity index (χ1n) is 3.98. The number of rotatable bonds is 4. The van der Waals surface area contributed by atoms with Gasteiger partial charge in [-0.25, -0.2) is 0 Å². The monoisotopic (exact) mass is 142 g/mol. The molecule has 0 rings (SSSR count). The molecule has 0 bridgehead atoms. The Bertz CT molecular complexity index is 105. The Morgan fingerprint density at radius 3 is 2.60 bits per heavy atom. The van der Waals surface area contributed by atoms with Gasteiger partial charge in [0.05, 0.1) is 6.61 Å². The van der Waals surface area contributed by atoms with Crippen molar-refractivity contribution in [2.45, 2.75) is 33.6 Å². The molecule has 0 aliphatic carbocycles. The van der Waals surface area contributed by atoms with Crippen LogP contribution in [0.4, 0.5) is 0 Å². The molecule has 10 heavy (non-hydrogen) atoms. The highest BCUT2D eigenvalue weighted by Crippen LogP contribution is 2.08. The average molecular weight is 142 g/mol. The fraction of sp³-hybridized carbons (Fsp3) is 0.778. The van der Waals surface area contributed by atoms with Gasteiger partial charge in [0, 0.05) is 0 Å². The summed E-state index contributed by atoms with van der Waals surface area (Å²) in [5, 5.41) is 8.68. The SMILES string of the molecule is CCCC(C)/C=C(\C)CO. The summed E-state index contributed by atoms with van der Waals surface area (Å²) in [4.78, 5) is 0. The van der Waals surface area contributed by atoms with Gasteiger partial charge in [0.1, 0.15) is 0 Å². The minimum Gasteiger partial charge on any atom is -0.392 e. The lowest BCUT2D eigenvalue weighted by atomic mass is 10.0. The zero-order valence-corrected chi connectivity index (χ0v) is 7.22. The first-order chi connectivity index (χ1) is 4.70. The van der Waals surface area contributed by atoms with E-state index in [9.17, 15) is 0 Å². The molecule has 0 radical (unpaired) electrons. The number of allylic oxidation sites excluding steroid dienone is 1. The topological polar surface area (TPSA) is 20.2 Å². The number of hydrogen-bond donors (Lipinski definition) is 1. The van der Waals surface area contributed by atoms with E-state index in [-0.39, 0.29) is 6.61 Å². The van der Waals surface area contributed by atoms with Crippen molar-refractivity contribution in [2.24, 2.45) is 5.92 Å².